The number of carboxylic acid groups (broad SMARTS) is 1. The molecule has 0 saturated heterocycles. The van der Waals surface area contributed by atoms with E-state index in [0.29, 0.717) is 25.8 Å². The maximum absolute atomic E-state index is 13.0. The highest BCUT2D eigenvalue weighted by Crippen LogP contribution is 2.44. The number of carbonyl (C=O) groups excluding carboxylic acids is 2. The Morgan fingerprint density at radius 2 is 1.54 bits per heavy atom. The molecule has 1 fully saturated rings. The molecule has 0 radical (unpaired) electrons. The van der Waals surface area contributed by atoms with Crippen molar-refractivity contribution >= 4 is 18.0 Å². The maximum Gasteiger partial charge on any atom is 0.408 e. The van der Waals surface area contributed by atoms with Gasteiger partial charge >= 0.3 is 12.1 Å². The van der Waals surface area contributed by atoms with Crippen molar-refractivity contribution in [2.24, 2.45) is 11.8 Å². The number of aliphatic carboxylic acids is 1. The Balaban J connectivity index is 1.31. The lowest BCUT2D eigenvalue weighted by molar-refractivity contribution is -0.143. The van der Waals surface area contributed by atoms with Crippen molar-refractivity contribution < 1.29 is 24.2 Å². The van der Waals surface area contributed by atoms with Crippen LogP contribution in [0, 0.1) is 11.8 Å². The third kappa shape index (κ3) is 5.34. The monoisotopic (exact) mass is 478 g/mol. The van der Waals surface area contributed by atoms with Crippen LogP contribution in [0.15, 0.2) is 48.5 Å². The molecule has 2 amide bonds. The Morgan fingerprint density at radius 1 is 0.971 bits per heavy atom. The highest BCUT2D eigenvalue weighted by molar-refractivity contribution is 5.89. The number of benzene rings is 2. The molecule has 0 aromatic heterocycles. The molecule has 7 heteroatoms. The zero-order valence-electron chi connectivity index (χ0n) is 20.4. The number of ether oxygens (including phenoxy) is 1. The van der Waals surface area contributed by atoms with E-state index in [1.54, 1.807) is 6.92 Å². The van der Waals surface area contributed by atoms with Crippen LogP contribution in [0.2, 0.25) is 0 Å². The molecule has 2 aromatic rings. The molecule has 3 N–H and O–H groups in total. The van der Waals surface area contributed by atoms with Crippen LogP contribution in [0.3, 0.4) is 0 Å². The topological polar surface area (TPSA) is 105 Å². The van der Waals surface area contributed by atoms with Gasteiger partial charge in [-0.25, -0.2) is 4.79 Å². The summed E-state index contributed by atoms with van der Waals surface area (Å²) in [5, 5.41) is 14.9. The first-order valence-corrected chi connectivity index (χ1v) is 12.5. The van der Waals surface area contributed by atoms with Gasteiger partial charge in [0.15, 0.2) is 0 Å². The number of hydrogen-bond donors (Lipinski definition) is 3. The van der Waals surface area contributed by atoms with Gasteiger partial charge in [-0.05, 0) is 67.2 Å². The SMILES string of the molecule is CCC(C)(NC(=O)OCC1c2ccccc2-c2ccccc21)C(=O)NCC1CCC(C(=O)O)CC1. The first kappa shape index (κ1) is 24.8. The van der Waals surface area contributed by atoms with E-state index in [-0.39, 0.29) is 30.3 Å². The Kier molecular flexibility index (Phi) is 7.43. The third-order valence-corrected chi connectivity index (χ3v) is 7.68. The van der Waals surface area contributed by atoms with Crippen LogP contribution in [0.5, 0.6) is 0 Å². The number of nitrogens with one attached hydrogen (secondary N) is 2. The first-order chi connectivity index (χ1) is 16.8. The predicted octanol–water partition coefficient (Wildman–Crippen LogP) is 4.70. The van der Waals surface area contributed by atoms with Gasteiger partial charge in [0.05, 0.1) is 5.92 Å². The molecule has 0 aliphatic heterocycles. The average Bonchev–Trinajstić information content (AvgIpc) is 3.19. The van der Waals surface area contributed by atoms with Gasteiger partial charge < -0.3 is 20.5 Å². The van der Waals surface area contributed by atoms with Crippen molar-refractivity contribution in [3.05, 3.63) is 59.7 Å². The van der Waals surface area contributed by atoms with E-state index in [0.717, 1.165) is 35.1 Å². The molecule has 35 heavy (non-hydrogen) atoms. The summed E-state index contributed by atoms with van der Waals surface area (Å²) in [6.07, 6.45) is 2.63. The minimum Gasteiger partial charge on any atom is -0.481 e. The summed E-state index contributed by atoms with van der Waals surface area (Å²) < 4.78 is 5.63. The molecular weight excluding hydrogens is 444 g/mol. The van der Waals surface area contributed by atoms with Gasteiger partial charge in [-0.15, -0.1) is 0 Å². The number of rotatable bonds is 8. The van der Waals surface area contributed by atoms with Gasteiger partial charge in [-0.1, -0.05) is 55.5 Å². The van der Waals surface area contributed by atoms with Crippen molar-refractivity contribution in [1.82, 2.24) is 10.6 Å². The van der Waals surface area contributed by atoms with E-state index >= 15 is 0 Å². The molecule has 2 aliphatic rings. The second-order valence-corrected chi connectivity index (χ2v) is 9.90. The van der Waals surface area contributed by atoms with Crippen LogP contribution in [-0.4, -0.2) is 41.8 Å². The molecule has 0 spiro atoms. The smallest absolute Gasteiger partial charge is 0.408 e. The highest BCUT2D eigenvalue weighted by Gasteiger charge is 2.35. The Bertz CT molecular complexity index is 1050. The maximum atomic E-state index is 13.0. The van der Waals surface area contributed by atoms with Crippen LogP contribution >= 0.6 is 0 Å². The van der Waals surface area contributed by atoms with E-state index < -0.39 is 17.6 Å². The number of carbonyl (C=O) groups is 3. The van der Waals surface area contributed by atoms with Crippen LogP contribution in [0.1, 0.15) is 63.0 Å². The fourth-order valence-corrected chi connectivity index (χ4v) is 5.21. The molecule has 1 saturated carbocycles. The lowest BCUT2D eigenvalue weighted by atomic mass is 9.82. The minimum absolute atomic E-state index is 0.0456. The quantitative estimate of drug-likeness (QED) is 0.510. The molecule has 2 aliphatic carbocycles. The van der Waals surface area contributed by atoms with E-state index in [1.807, 2.05) is 31.2 Å². The predicted molar refractivity (Wildman–Crippen MR) is 133 cm³/mol. The van der Waals surface area contributed by atoms with Crippen molar-refractivity contribution in [3.63, 3.8) is 0 Å². The number of carboxylic acids is 1. The molecule has 4 rings (SSSR count). The van der Waals surface area contributed by atoms with Crippen molar-refractivity contribution in [1.29, 1.82) is 0 Å². The molecule has 0 bridgehead atoms. The number of hydrogen-bond acceptors (Lipinski definition) is 4. The molecule has 186 valence electrons. The lowest BCUT2D eigenvalue weighted by Gasteiger charge is -2.30. The van der Waals surface area contributed by atoms with Crippen LogP contribution < -0.4 is 10.6 Å². The summed E-state index contributed by atoms with van der Waals surface area (Å²) in [6.45, 7) is 4.22. The summed E-state index contributed by atoms with van der Waals surface area (Å²) in [5.74, 6) is -1.06. The molecule has 2 aromatic carbocycles. The van der Waals surface area contributed by atoms with E-state index in [4.69, 9.17) is 9.84 Å². The first-order valence-electron chi connectivity index (χ1n) is 12.5. The van der Waals surface area contributed by atoms with Crippen LogP contribution in [-0.2, 0) is 14.3 Å². The second kappa shape index (κ2) is 10.5. The average molecular weight is 479 g/mol. The standard InChI is InChI=1S/C28H34N2O5/c1-3-28(2,26(33)29-16-18-12-14-19(15-13-18)25(31)32)30-27(34)35-17-24-22-10-6-4-8-20(22)21-9-5-7-11-23(21)24/h4-11,18-19,24H,3,12-17H2,1-2H3,(H,29,33)(H,30,34)(H,31,32). The zero-order chi connectivity index (χ0) is 25.0. The summed E-state index contributed by atoms with van der Waals surface area (Å²) >= 11 is 0. The summed E-state index contributed by atoms with van der Waals surface area (Å²) in [6, 6.07) is 16.3. The Hall–Kier alpha value is -3.35. The van der Waals surface area contributed by atoms with Gasteiger partial charge in [0.2, 0.25) is 5.91 Å². The molecular formula is C28H34N2O5. The van der Waals surface area contributed by atoms with Crippen molar-refractivity contribution in [2.75, 3.05) is 13.2 Å². The van der Waals surface area contributed by atoms with Gasteiger partial charge in [-0.3, -0.25) is 9.59 Å². The Morgan fingerprint density at radius 3 is 2.09 bits per heavy atom. The summed E-state index contributed by atoms with van der Waals surface area (Å²) in [4.78, 5) is 36.8. The molecule has 0 heterocycles. The van der Waals surface area contributed by atoms with E-state index in [2.05, 4.69) is 34.9 Å². The number of alkyl carbamates (subject to hydrolysis) is 1. The normalized spacial score (nSPS) is 20.7. The second-order valence-electron chi connectivity index (χ2n) is 9.90. The van der Waals surface area contributed by atoms with Crippen LogP contribution in [0.25, 0.3) is 11.1 Å². The highest BCUT2D eigenvalue weighted by atomic mass is 16.5. The van der Waals surface area contributed by atoms with Gasteiger partial charge in [0.25, 0.3) is 0 Å². The fraction of sp³-hybridized carbons (Fsp3) is 0.464. The van der Waals surface area contributed by atoms with Crippen molar-refractivity contribution in [2.45, 2.75) is 57.4 Å². The molecule has 1 atom stereocenters. The largest absolute Gasteiger partial charge is 0.481 e. The summed E-state index contributed by atoms with van der Waals surface area (Å²) in [7, 11) is 0. The number of amides is 2. The van der Waals surface area contributed by atoms with Gasteiger partial charge in [-0.2, -0.15) is 0 Å². The Labute approximate surface area is 206 Å². The minimum atomic E-state index is -1.10. The van der Waals surface area contributed by atoms with Gasteiger partial charge in [0.1, 0.15) is 12.1 Å². The van der Waals surface area contributed by atoms with E-state index in [9.17, 15) is 14.4 Å². The fourth-order valence-electron chi connectivity index (χ4n) is 5.21. The van der Waals surface area contributed by atoms with E-state index in [1.165, 1.54) is 0 Å². The zero-order valence-corrected chi connectivity index (χ0v) is 20.4. The third-order valence-electron chi connectivity index (χ3n) is 7.68. The lowest BCUT2D eigenvalue weighted by Crippen LogP contribution is -2.57. The van der Waals surface area contributed by atoms with Crippen molar-refractivity contribution in [3.8, 4) is 11.1 Å². The summed E-state index contributed by atoms with van der Waals surface area (Å²) in [5.41, 5.74) is 3.49. The van der Waals surface area contributed by atoms with Gasteiger partial charge in [0, 0.05) is 12.5 Å². The van der Waals surface area contributed by atoms with Crippen LogP contribution in [0.4, 0.5) is 4.79 Å². The number of fused-ring (bicyclic) bond motifs is 3. The molecule has 1 unspecified atom stereocenters. The molecule has 7 nitrogen and oxygen atoms in total.